The molecule has 0 saturated heterocycles. The average molecular weight is 271 g/mol. The van der Waals surface area contributed by atoms with Crippen LogP contribution in [0.15, 0.2) is 67.4 Å². The number of rotatable bonds is 2. The van der Waals surface area contributed by atoms with Crippen LogP contribution in [0, 0.1) is 0 Å². The first-order valence-electron chi connectivity index (χ1n) is 6.82. The maximum Gasteiger partial charge on any atom is 0.114 e. The highest BCUT2D eigenvalue weighted by Crippen LogP contribution is 2.35. The molecule has 4 rings (SSSR count). The Morgan fingerprint density at radius 3 is 2.10 bits per heavy atom. The van der Waals surface area contributed by atoms with Gasteiger partial charge in [0.1, 0.15) is 5.69 Å². The Balaban J connectivity index is 2.18. The third-order valence-electron chi connectivity index (χ3n) is 3.72. The SMILES string of the molecule is C=Cn1cc(-c2c3ccccc3cc3ccccc23)nn1. The topological polar surface area (TPSA) is 30.7 Å². The molecular formula is C18H13N3. The quantitative estimate of drug-likeness (QED) is 0.507. The summed E-state index contributed by atoms with van der Waals surface area (Å²) in [5.74, 6) is 0. The van der Waals surface area contributed by atoms with Gasteiger partial charge in [-0.15, -0.1) is 5.10 Å². The molecule has 0 aliphatic heterocycles. The van der Waals surface area contributed by atoms with Gasteiger partial charge in [0.25, 0.3) is 0 Å². The highest BCUT2D eigenvalue weighted by atomic mass is 15.4. The highest BCUT2D eigenvalue weighted by Gasteiger charge is 2.12. The lowest BCUT2D eigenvalue weighted by Crippen LogP contribution is -1.85. The van der Waals surface area contributed by atoms with Crippen molar-refractivity contribution in [3.8, 4) is 11.3 Å². The Hall–Kier alpha value is -2.94. The third kappa shape index (κ3) is 1.82. The Morgan fingerprint density at radius 1 is 0.905 bits per heavy atom. The molecule has 0 amide bonds. The second kappa shape index (κ2) is 4.56. The first-order chi connectivity index (χ1) is 10.4. The number of fused-ring (bicyclic) bond motifs is 2. The third-order valence-corrected chi connectivity index (χ3v) is 3.72. The standard InChI is InChI=1S/C18H13N3/c1-2-21-12-17(19-20-21)18-15-9-5-3-7-13(15)11-14-8-4-6-10-16(14)18/h2-12H,1H2. The summed E-state index contributed by atoms with van der Waals surface area (Å²) < 4.78 is 1.63. The van der Waals surface area contributed by atoms with Crippen LogP contribution < -0.4 is 0 Å². The first kappa shape index (κ1) is 11.9. The Labute approximate surface area is 122 Å². The van der Waals surface area contributed by atoms with Crippen molar-refractivity contribution in [2.75, 3.05) is 0 Å². The number of benzene rings is 3. The van der Waals surface area contributed by atoms with Gasteiger partial charge >= 0.3 is 0 Å². The van der Waals surface area contributed by atoms with E-state index in [4.69, 9.17) is 0 Å². The van der Waals surface area contributed by atoms with Crippen LogP contribution in [-0.2, 0) is 0 Å². The van der Waals surface area contributed by atoms with Crippen molar-refractivity contribution >= 4 is 27.7 Å². The van der Waals surface area contributed by atoms with E-state index in [1.165, 1.54) is 21.5 Å². The van der Waals surface area contributed by atoms with Crippen molar-refractivity contribution in [2.45, 2.75) is 0 Å². The summed E-state index contributed by atoms with van der Waals surface area (Å²) in [6.45, 7) is 3.72. The lowest BCUT2D eigenvalue weighted by atomic mass is 9.95. The minimum Gasteiger partial charge on any atom is -0.228 e. The van der Waals surface area contributed by atoms with Crippen LogP contribution in [0.4, 0.5) is 0 Å². The zero-order chi connectivity index (χ0) is 14.2. The predicted octanol–water partition coefficient (Wildman–Crippen LogP) is 4.35. The Kier molecular flexibility index (Phi) is 2.57. The van der Waals surface area contributed by atoms with Gasteiger partial charge < -0.3 is 0 Å². The normalized spacial score (nSPS) is 11.0. The van der Waals surface area contributed by atoms with E-state index in [1.807, 2.05) is 6.20 Å². The molecule has 0 bridgehead atoms. The van der Waals surface area contributed by atoms with Gasteiger partial charge in [0.15, 0.2) is 0 Å². The summed E-state index contributed by atoms with van der Waals surface area (Å²) in [5.41, 5.74) is 1.99. The van der Waals surface area contributed by atoms with Crippen molar-refractivity contribution in [2.24, 2.45) is 0 Å². The summed E-state index contributed by atoms with van der Waals surface area (Å²) in [4.78, 5) is 0. The lowest BCUT2D eigenvalue weighted by molar-refractivity contribution is 0.843. The smallest absolute Gasteiger partial charge is 0.114 e. The fourth-order valence-electron chi connectivity index (χ4n) is 2.77. The van der Waals surface area contributed by atoms with Crippen molar-refractivity contribution in [3.05, 3.63) is 67.4 Å². The van der Waals surface area contributed by atoms with Gasteiger partial charge in [-0.3, -0.25) is 0 Å². The zero-order valence-electron chi connectivity index (χ0n) is 11.4. The summed E-state index contributed by atoms with van der Waals surface area (Å²) in [5, 5.41) is 13.2. The predicted molar refractivity (Wildman–Crippen MR) is 86.9 cm³/mol. The second-order valence-electron chi connectivity index (χ2n) is 4.96. The molecule has 3 aromatic carbocycles. The largest absolute Gasteiger partial charge is 0.228 e. The molecule has 4 aromatic rings. The van der Waals surface area contributed by atoms with Crippen molar-refractivity contribution < 1.29 is 0 Å². The monoisotopic (exact) mass is 271 g/mol. The molecule has 3 nitrogen and oxygen atoms in total. The number of nitrogens with zero attached hydrogens (tertiary/aromatic N) is 3. The van der Waals surface area contributed by atoms with Crippen molar-refractivity contribution in [1.29, 1.82) is 0 Å². The molecule has 0 radical (unpaired) electrons. The molecule has 0 N–H and O–H groups in total. The fraction of sp³-hybridized carbons (Fsp3) is 0. The van der Waals surface area contributed by atoms with Gasteiger partial charge in [-0.1, -0.05) is 60.3 Å². The van der Waals surface area contributed by atoms with Crippen LogP contribution in [0.25, 0.3) is 39.0 Å². The van der Waals surface area contributed by atoms with Crippen LogP contribution in [0.5, 0.6) is 0 Å². The van der Waals surface area contributed by atoms with Crippen LogP contribution in [0.1, 0.15) is 0 Å². The summed E-state index contributed by atoms with van der Waals surface area (Å²) in [7, 11) is 0. The fourth-order valence-corrected chi connectivity index (χ4v) is 2.77. The van der Waals surface area contributed by atoms with E-state index in [0.717, 1.165) is 11.3 Å². The van der Waals surface area contributed by atoms with E-state index in [-0.39, 0.29) is 0 Å². The Morgan fingerprint density at radius 2 is 1.52 bits per heavy atom. The molecule has 0 fully saturated rings. The molecule has 100 valence electrons. The van der Waals surface area contributed by atoms with Crippen LogP contribution in [0.3, 0.4) is 0 Å². The molecule has 0 saturated carbocycles. The van der Waals surface area contributed by atoms with Crippen molar-refractivity contribution in [3.63, 3.8) is 0 Å². The molecule has 1 aromatic heterocycles. The number of hydrogen-bond acceptors (Lipinski definition) is 2. The lowest BCUT2D eigenvalue weighted by Gasteiger charge is -2.09. The molecule has 3 heteroatoms. The molecule has 0 spiro atoms. The molecule has 0 aliphatic carbocycles. The summed E-state index contributed by atoms with van der Waals surface area (Å²) >= 11 is 0. The van der Waals surface area contributed by atoms with Gasteiger partial charge in [0, 0.05) is 11.8 Å². The van der Waals surface area contributed by atoms with Gasteiger partial charge in [-0.2, -0.15) is 0 Å². The van der Waals surface area contributed by atoms with E-state index < -0.39 is 0 Å². The van der Waals surface area contributed by atoms with E-state index >= 15 is 0 Å². The molecule has 1 heterocycles. The molecular weight excluding hydrogens is 258 g/mol. The van der Waals surface area contributed by atoms with Crippen molar-refractivity contribution in [1.82, 2.24) is 15.0 Å². The van der Waals surface area contributed by atoms with E-state index in [9.17, 15) is 0 Å². The van der Waals surface area contributed by atoms with Gasteiger partial charge in [0.05, 0.1) is 6.20 Å². The molecule has 21 heavy (non-hydrogen) atoms. The number of aromatic nitrogens is 3. The van der Waals surface area contributed by atoms with Crippen LogP contribution >= 0.6 is 0 Å². The van der Waals surface area contributed by atoms with Gasteiger partial charge in [-0.05, 0) is 27.6 Å². The minimum absolute atomic E-state index is 0.864. The molecule has 0 aliphatic rings. The van der Waals surface area contributed by atoms with Crippen LogP contribution in [-0.4, -0.2) is 15.0 Å². The molecule has 0 atom stereocenters. The molecule has 0 unspecified atom stereocenters. The first-order valence-corrected chi connectivity index (χ1v) is 6.82. The number of hydrogen-bond donors (Lipinski definition) is 0. The van der Waals surface area contributed by atoms with Gasteiger partial charge in [0.2, 0.25) is 0 Å². The summed E-state index contributed by atoms with van der Waals surface area (Å²) in [6.07, 6.45) is 3.55. The average Bonchev–Trinajstić information content (AvgIpc) is 3.01. The Bertz CT molecular complexity index is 912. The van der Waals surface area contributed by atoms with E-state index in [2.05, 4.69) is 71.5 Å². The maximum absolute atomic E-state index is 4.30. The van der Waals surface area contributed by atoms with E-state index in [0.29, 0.717) is 0 Å². The minimum atomic E-state index is 0.864. The highest BCUT2D eigenvalue weighted by molar-refractivity contribution is 6.11. The van der Waals surface area contributed by atoms with Crippen LogP contribution in [0.2, 0.25) is 0 Å². The maximum atomic E-state index is 4.30. The summed E-state index contributed by atoms with van der Waals surface area (Å²) in [6, 6.07) is 19.0. The van der Waals surface area contributed by atoms with Gasteiger partial charge in [-0.25, -0.2) is 4.68 Å². The second-order valence-corrected chi connectivity index (χ2v) is 4.96. The zero-order valence-corrected chi connectivity index (χ0v) is 11.4. The van der Waals surface area contributed by atoms with E-state index in [1.54, 1.807) is 10.9 Å².